The molecule has 1 saturated heterocycles. The molecule has 1 aliphatic heterocycles. The van der Waals surface area contributed by atoms with E-state index in [4.69, 9.17) is 0 Å². The average molecular weight is 246 g/mol. The van der Waals surface area contributed by atoms with Gasteiger partial charge < -0.3 is 9.80 Å². The first-order valence-corrected chi connectivity index (χ1v) is 6.59. The van der Waals surface area contributed by atoms with E-state index >= 15 is 0 Å². The number of rotatable bonds is 4. The fourth-order valence-electron chi connectivity index (χ4n) is 2.80. The highest BCUT2D eigenvalue weighted by molar-refractivity contribution is 5.76. The van der Waals surface area contributed by atoms with Gasteiger partial charge in [0.05, 0.1) is 0 Å². The van der Waals surface area contributed by atoms with Crippen molar-refractivity contribution < 1.29 is 4.79 Å². The molecule has 1 heterocycles. The van der Waals surface area contributed by atoms with Gasteiger partial charge in [-0.25, -0.2) is 0 Å². The number of carbonyl (C=O) groups is 1. The first-order valence-electron chi connectivity index (χ1n) is 6.59. The predicted molar refractivity (Wildman–Crippen MR) is 75.5 cm³/mol. The Morgan fingerprint density at radius 1 is 1.50 bits per heavy atom. The standard InChI is InChI=1S/C15H22N2O/c1-12-9-13(11-18)6-7-15(12)17(3)10-14-5-4-8-16(14)2/h6-7,9,11,14H,4-5,8,10H2,1-3H3. The van der Waals surface area contributed by atoms with E-state index in [1.165, 1.54) is 30.6 Å². The zero-order valence-corrected chi connectivity index (χ0v) is 11.5. The summed E-state index contributed by atoms with van der Waals surface area (Å²) in [5.41, 5.74) is 3.14. The lowest BCUT2D eigenvalue weighted by Crippen LogP contribution is -2.36. The Kier molecular flexibility index (Phi) is 4.02. The van der Waals surface area contributed by atoms with Gasteiger partial charge in [-0.3, -0.25) is 4.79 Å². The van der Waals surface area contributed by atoms with Crippen LogP contribution >= 0.6 is 0 Å². The highest BCUT2D eigenvalue weighted by Crippen LogP contribution is 2.22. The quantitative estimate of drug-likeness (QED) is 0.762. The van der Waals surface area contributed by atoms with Gasteiger partial charge in [0.1, 0.15) is 6.29 Å². The number of carbonyl (C=O) groups excluding carboxylic acids is 1. The van der Waals surface area contributed by atoms with Crippen LogP contribution in [-0.2, 0) is 0 Å². The second-order valence-electron chi connectivity index (χ2n) is 5.32. The maximum absolute atomic E-state index is 10.7. The zero-order chi connectivity index (χ0) is 13.1. The van der Waals surface area contributed by atoms with Gasteiger partial charge in [-0.1, -0.05) is 0 Å². The number of hydrogen-bond acceptors (Lipinski definition) is 3. The van der Waals surface area contributed by atoms with E-state index in [2.05, 4.69) is 30.8 Å². The van der Waals surface area contributed by atoms with E-state index in [1.807, 2.05) is 18.2 Å². The minimum absolute atomic E-state index is 0.653. The highest BCUT2D eigenvalue weighted by atomic mass is 16.1. The molecule has 0 saturated carbocycles. The highest BCUT2D eigenvalue weighted by Gasteiger charge is 2.22. The molecule has 0 aliphatic carbocycles. The minimum atomic E-state index is 0.653. The molecule has 1 unspecified atom stereocenters. The molecule has 0 spiro atoms. The number of anilines is 1. The molecule has 1 fully saturated rings. The van der Waals surface area contributed by atoms with E-state index in [1.54, 1.807) is 0 Å². The van der Waals surface area contributed by atoms with Gasteiger partial charge in [0.15, 0.2) is 0 Å². The molecule has 0 amide bonds. The number of aldehydes is 1. The van der Waals surface area contributed by atoms with Gasteiger partial charge in [-0.15, -0.1) is 0 Å². The Bertz CT molecular complexity index is 431. The lowest BCUT2D eigenvalue weighted by atomic mass is 10.1. The van der Waals surface area contributed by atoms with Crippen LogP contribution in [0.25, 0.3) is 0 Å². The number of aryl methyl sites for hydroxylation is 1. The lowest BCUT2D eigenvalue weighted by Gasteiger charge is -2.28. The third kappa shape index (κ3) is 2.72. The molecule has 3 nitrogen and oxygen atoms in total. The van der Waals surface area contributed by atoms with Gasteiger partial charge in [-0.05, 0) is 57.1 Å². The second kappa shape index (κ2) is 5.53. The van der Waals surface area contributed by atoms with Crippen molar-refractivity contribution in [3.05, 3.63) is 29.3 Å². The number of benzene rings is 1. The van der Waals surface area contributed by atoms with Crippen molar-refractivity contribution >= 4 is 12.0 Å². The fraction of sp³-hybridized carbons (Fsp3) is 0.533. The third-order valence-corrected chi connectivity index (χ3v) is 3.92. The summed E-state index contributed by atoms with van der Waals surface area (Å²) in [4.78, 5) is 15.5. The normalized spacial score (nSPS) is 20.1. The Labute approximate surface area is 109 Å². The molecule has 1 aromatic rings. The molecule has 0 radical (unpaired) electrons. The first kappa shape index (κ1) is 13.1. The molecule has 1 atom stereocenters. The summed E-state index contributed by atoms with van der Waals surface area (Å²) < 4.78 is 0. The molecular formula is C15H22N2O. The summed E-state index contributed by atoms with van der Waals surface area (Å²) >= 11 is 0. The minimum Gasteiger partial charge on any atom is -0.373 e. The van der Waals surface area contributed by atoms with E-state index in [-0.39, 0.29) is 0 Å². The van der Waals surface area contributed by atoms with E-state index in [9.17, 15) is 4.79 Å². The van der Waals surface area contributed by atoms with E-state index in [0.29, 0.717) is 6.04 Å². The van der Waals surface area contributed by atoms with Gasteiger partial charge >= 0.3 is 0 Å². The van der Waals surface area contributed by atoms with Crippen molar-refractivity contribution in [2.45, 2.75) is 25.8 Å². The fourth-order valence-corrected chi connectivity index (χ4v) is 2.80. The van der Waals surface area contributed by atoms with Crippen LogP contribution in [0.15, 0.2) is 18.2 Å². The third-order valence-electron chi connectivity index (χ3n) is 3.92. The SMILES string of the molecule is Cc1cc(C=O)ccc1N(C)CC1CCCN1C. The summed E-state index contributed by atoms with van der Waals surface area (Å²) in [5.74, 6) is 0. The molecule has 98 valence electrons. The number of likely N-dealkylation sites (N-methyl/N-ethyl adjacent to an activating group) is 2. The maximum Gasteiger partial charge on any atom is 0.150 e. The molecule has 1 aliphatic rings. The molecule has 0 N–H and O–H groups in total. The summed E-state index contributed by atoms with van der Waals surface area (Å²) in [6, 6.07) is 6.55. The van der Waals surface area contributed by atoms with Crippen LogP contribution in [0, 0.1) is 6.92 Å². The smallest absolute Gasteiger partial charge is 0.150 e. The summed E-state index contributed by atoms with van der Waals surface area (Å²) in [7, 11) is 4.34. The Morgan fingerprint density at radius 2 is 2.28 bits per heavy atom. The van der Waals surface area contributed by atoms with Crippen LogP contribution in [-0.4, -0.2) is 44.4 Å². The van der Waals surface area contributed by atoms with Crippen LogP contribution in [0.4, 0.5) is 5.69 Å². The van der Waals surface area contributed by atoms with Gasteiger partial charge in [0.25, 0.3) is 0 Å². The summed E-state index contributed by atoms with van der Waals surface area (Å²) in [5, 5.41) is 0. The summed E-state index contributed by atoms with van der Waals surface area (Å²) in [6.07, 6.45) is 3.49. The van der Waals surface area contributed by atoms with Crippen molar-refractivity contribution in [3.63, 3.8) is 0 Å². The van der Waals surface area contributed by atoms with Crippen LogP contribution in [0.5, 0.6) is 0 Å². The molecular weight excluding hydrogens is 224 g/mol. The lowest BCUT2D eigenvalue weighted by molar-refractivity contribution is 0.112. The van der Waals surface area contributed by atoms with Crippen molar-refractivity contribution in [1.82, 2.24) is 4.90 Å². The molecule has 0 aromatic heterocycles. The van der Waals surface area contributed by atoms with Crippen molar-refractivity contribution in [3.8, 4) is 0 Å². The van der Waals surface area contributed by atoms with Crippen molar-refractivity contribution in [2.75, 3.05) is 32.1 Å². The molecule has 0 bridgehead atoms. The van der Waals surface area contributed by atoms with Crippen LogP contribution in [0.3, 0.4) is 0 Å². The van der Waals surface area contributed by atoms with Gasteiger partial charge in [0, 0.05) is 30.9 Å². The first-order chi connectivity index (χ1) is 8.61. The molecule has 18 heavy (non-hydrogen) atoms. The molecule has 3 heteroatoms. The van der Waals surface area contributed by atoms with Crippen LogP contribution < -0.4 is 4.90 Å². The largest absolute Gasteiger partial charge is 0.373 e. The van der Waals surface area contributed by atoms with Crippen molar-refractivity contribution in [2.24, 2.45) is 0 Å². The predicted octanol–water partition coefficient (Wildman–Crippen LogP) is 2.34. The van der Waals surface area contributed by atoms with Crippen LogP contribution in [0.1, 0.15) is 28.8 Å². The Morgan fingerprint density at radius 3 is 2.83 bits per heavy atom. The topological polar surface area (TPSA) is 23.6 Å². The Hall–Kier alpha value is -1.35. The molecule has 1 aromatic carbocycles. The van der Waals surface area contributed by atoms with Crippen LogP contribution in [0.2, 0.25) is 0 Å². The zero-order valence-electron chi connectivity index (χ0n) is 11.5. The van der Waals surface area contributed by atoms with E-state index < -0.39 is 0 Å². The van der Waals surface area contributed by atoms with Gasteiger partial charge in [-0.2, -0.15) is 0 Å². The second-order valence-corrected chi connectivity index (χ2v) is 5.32. The number of likely N-dealkylation sites (tertiary alicyclic amines) is 1. The summed E-state index contributed by atoms with van der Waals surface area (Å²) in [6.45, 7) is 4.33. The monoisotopic (exact) mass is 246 g/mol. The number of nitrogens with zero attached hydrogens (tertiary/aromatic N) is 2. The number of hydrogen-bond donors (Lipinski definition) is 0. The molecule has 2 rings (SSSR count). The van der Waals surface area contributed by atoms with Gasteiger partial charge in [0.2, 0.25) is 0 Å². The Balaban J connectivity index is 2.08. The van der Waals surface area contributed by atoms with E-state index in [0.717, 1.165) is 18.4 Å². The average Bonchev–Trinajstić information content (AvgIpc) is 2.74. The maximum atomic E-state index is 10.7. The van der Waals surface area contributed by atoms with Crippen molar-refractivity contribution in [1.29, 1.82) is 0 Å².